The molecule has 1 unspecified atom stereocenters. The van der Waals surface area contributed by atoms with Crippen LogP contribution in [0.1, 0.15) is 12.0 Å². The van der Waals surface area contributed by atoms with Crippen LogP contribution in [-0.4, -0.2) is 31.1 Å². The molecule has 1 aliphatic heterocycles. The summed E-state index contributed by atoms with van der Waals surface area (Å²) in [6, 6.07) is 5.24. The van der Waals surface area contributed by atoms with E-state index in [0.29, 0.717) is 30.8 Å². The van der Waals surface area contributed by atoms with E-state index in [1.807, 2.05) is 4.90 Å². The van der Waals surface area contributed by atoms with Gasteiger partial charge in [-0.1, -0.05) is 12.1 Å². The SMILES string of the molecule is COC(=O)C1CCN(c2cccc(C)c2[N+](=O)[O-])C1. The second-order valence-corrected chi connectivity index (χ2v) is 4.65. The number of hydrogen-bond acceptors (Lipinski definition) is 5. The molecular formula is C13H16N2O4. The van der Waals surface area contributed by atoms with Crippen LogP contribution in [0.5, 0.6) is 0 Å². The Bertz CT molecular complexity index is 515. The number of para-hydroxylation sites is 1. The molecule has 0 aromatic heterocycles. The van der Waals surface area contributed by atoms with E-state index < -0.39 is 0 Å². The minimum absolute atomic E-state index is 0.119. The van der Waals surface area contributed by atoms with E-state index in [1.165, 1.54) is 7.11 Å². The first kappa shape index (κ1) is 13.3. The Hall–Kier alpha value is -2.11. The molecule has 1 aliphatic rings. The van der Waals surface area contributed by atoms with Gasteiger partial charge in [0.2, 0.25) is 0 Å². The lowest BCUT2D eigenvalue weighted by Crippen LogP contribution is -2.24. The first-order valence-electron chi connectivity index (χ1n) is 6.11. The van der Waals surface area contributed by atoms with Gasteiger partial charge >= 0.3 is 5.97 Å². The van der Waals surface area contributed by atoms with Gasteiger partial charge in [-0.05, 0) is 19.4 Å². The third-order valence-electron chi connectivity index (χ3n) is 3.46. The van der Waals surface area contributed by atoms with Gasteiger partial charge in [-0.25, -0.2) is 0 Å². The van der Waals surface area contributed by atoms with Crippen molar-refractivity contribution in [2.75, 3.05) is 25.1 Å². The van der Waals surface area contributed by atoms with Crippen molar-refractivity contribution in [2.45, 2.75) is 13.3 Å². The van der Waals surface area contributed by atoms with Crippen molar-refractivity contribution in [1.82, 2.24) is 0 Å². The fourth-order valence-corrected chi connectivity index (χ4v) is 2.47. The minimum Gasteiger partial charge on any atom is -0.469 e. The van der Waals surface area contributed by atoms with Crippen LogP contribution >= 0.6 is 0 Å². The van der Waals surface area contributed by atoms with Gasteiger partial charge in [0, 0.05) is 18.7 Å². The Labute approximate surface area is 111 Å². The number of nitrogens with zero attached hydrogens (tertiary/aromatic N) is 2. The predicted octanol–water partition coefficient (Wildman–Crippen LogP) is 1.90. The van der Waals surface area contributed by atoms with Gasteiger partial charge in [0.05, 0.1) is 18.0 Å². The summed E-state index contributed by atoms with van der Waals surface area (Å²) in [6.07, 6.45) is 0.664. The summed E-state index contributed by atoms with van der Waals surface area (Å²) in [5.74, 6) is -0.456. The number of anilines is 1. The molecule has 1 aromatic carbocycles. The second-order valence-electron chi connectivity index (χ2n) is 4.65. The lowest BCUT2D eigenvalue weighted by Gasteiger charge is -2.18. The highest BCUT2D eigenvalue weighted by atomic mass is 16.6. The third-order valence-corrected chi connectivity index (χ3v) is 3.46. The lowest BCUT2D eigenvalue weighted by molar-refractivity contribution is -0.384. The van der Waals surface area contributed by atoms with Gasteiger partial charge in [0.1, 0.15) is 5.69 Å². The number of aryl methyl sites for hydroxylation is 1. The van der Waals surface area contributed by atoms with Crippen molar-refractivity contribution in [3.63, 3.8) is 0 Å². The molecule has 102 valence electrons. The molecule has 19 heavy (non-hydrogen) atoms. The van der Waals surface area contributed by atoms with Crippen LogP contribution in [0.3, 0.4) is 0 Å². The van der Waals surface area contributed by atoms with Crippen molar-refractivity contribution in [3.05, 3.63) is 33.9 Å². The maximum Gasteiger partial charge on any atom is 0.310 e. The summed E-state index contributed by atoms with van der Waals surface area (Å²) >= 11 is 0. The molecule has 1 heterocycles. The maximum atomic E-state index is 11.5. The molecular weight excluding hydrogens is 248 g/mol. The van der Waals surface area contributed by atoms with Crippen LogP contribution in [0.15, 0.2) is 18.2 Å². The van der Waals surface area contributed by atoms with E-state index in [9.17, 15) is 14.9 Å². The van der Waals surface area contributed by atoms with Crippen LogP contribution in [-0.2, 0) is 9.53 Å². The number of rotatable bonds is 3. The maximum absolute atomic E-state index is 11.5. The quantitative estimate of drug-likeness (QED) is 0.473. The fraction of sp³-hybridized carbons (Fsp3) is 0.462. The number of carbonyl (C=O) groups excluding carboxylic acids is 1. The number of nitro groups is 1. The number of methoxy groups -OCH3 is 1. The van der Waals surface area contributed by atoms with Gasteiger partial charge < -0.3 is 9.64 Å². The monoisotopic (exact) mass is 264 g/mol. The minimum atomic E-state index is -0.365. The van der Waals surface area contributed by atoms with Gasteiger partial charge in [0.15, 0.2) is 0 Å². The Morgan fingerprint density at radius 1 is 1.53 bits per heavy atom. The zero-order chi connectivity index (χ0) is 14.0. The van der Waals surface area contributed by atoms with E-state index in [2.05, 4.69) is 0 Å². The number of ether oxygens (including phenoxy) is 1. The molecule has 0 saturated carbocycles. The largest absolute Gasteiger partial charge is 0.469 e. The Morgan fingerprint density at radius 3 is 2.89 bits per heavy atom. The average molecular weight is 264 g/mol. The van der Waals surface area contributed by atoms with E-state index in [-0.39, 0.29) is 22.5 Å². The number of hydrogen-bond donors (Lipinski definition) is 0. The zero-order valence-corrected chi connectivity index (χ0v) is 11.0. The number of carbonyl (C=O) groups is 1. The Morgan fingerprint density at radius 2 is 2.26 bits per heavy atom. The second kappa shape index (κ2) is 5.26. The first-order valence-corrected chi connectivity index (χ1v) is 6.11. The molecule has 6 nitrogen and oxygen atoms in total. The summed E-state index contributed by atoms with van der Waals surface area (Å²) in [5.41, 5.74) is 1.33. The molecule has 1 atom stereocenters. The van der Waals surface area contributed by atoms with Crippen molar-refractivity contribution in [1.29, 1.82) is 0 Å². The van der Waals surface area contributed by atoms with Gasteiger partial charge in [-0.3, -0.25) is 14.9 Å². The first-order chi connectivity index (χ1) is 9.04. The van der Waals surface area contributed by atoms with Crippen LogP contribution in [0.4, 0.5) is 11.4 Å². The zero-order valence-electron chi connectivity index (χ0n) is 11.0. The smallest absolute Gasteiger partial charge is 0.310 e. The van der Waals surface area contributed by atoms with Crippen LogP contribution in [0.2, 0.25) is 0 Å². The number of nitro benzene ring substituents is 1. The van der Waals surface area contributed by atoms with E-state index >= 15 is 0 Å². The normalized spacial score (nSPS) is 18.4. The van der Waals surface area contributed by atoms with Gasteiger partial charge in [-0.2, -0.15) is 0 Å². The Kier molecular flexibility index (Phi) is 3.69. The molecule has 1 saturated heterocycles. The molecule has 1 aromatic rings. The van der Waals surface area contributed by atoms with Crippen molar-refractivity contribution >= 4 is 17.3 Å². The third kappa shape index (κ3) is 2.52. The van der Waals surface area contributed by atoms with Crippen molar-refractivity contribution in [3.8, 4) is 0 Å². The fourth-order valence-electron chi connectivity index (χ4n) is 2.47. The summed E-state index contributed by atoms with van der Waals surface area (Å²) in [6.45, 7) is 2.82. The molecule has 1 fully saturated rings. The topological polar surface area (TPSA) is 72.7 Å². The number of esters is 1. The predicted molar refractivity (Wildman–Crippen MR) is 70.2 cm³/mol. The van der Waals surface area contributed by atoms with E-state index in [1.54, 1.807) is 25.1 Å². The number of benzene rings is 1. The molecule has 0 spiro atoms. The highest BCUT2D eigenvalue weighted by molar-refractivity contribution is 5.75. The van der Waals surface area contributed by atoms with Gasteiger partial charge in [-0.15, -0.1) is 0 Å². The molecule has 0 bridgehead atoms. The van der Waals surface area contributed by atoms with Crippen molar-refractivity contribution in [2.24, 2.45) is 5.92 Å². The average Bonchev–Trinajstić information content (AvgIpc) is 2.86. The summed E-state index contributed by atoms with van der Waals surface area (Å²) in [4.78, 5) is 24.2. The molecule has 0 N–H and O–H groups in total. The molecule has 0 aliphatic carbocycles. The van der Waals surface area contributed by atoms with Gasteiger partial charge in [0.25, 0.3) is 5.69 Å². The van der Waals surface area contributed by atoms with Crippen LogP contribution in [0, 0.1) is 23.0 Å². The summed E-state index contributed by atoms with van der Waals surface area (Å²) < 4.78 is 4.72. The molecule has 2 rings (SSSR count). The Balaban J connectivity index is 2.27. The molecule has 6 heteroatoms. The highest BCUT2D eigenvalue weighted by Gasteiger charge is 2.32. The standard InChI is InChI=1S/C13H16N2O4/c1-9-4-3-5-11(12(9)15(17)18)14-7-6-10(8-14)13(16)19-2/h3-5,10H,6-8H2,1-2H3. The van der Waals surface area contributed by atoms with Crippen molar-refractivity contribution < 1.29 is 14.5 Å². The highest BCUT2D eigenvalue weighted by Crippen LogP contribution is 2.34. The molecule has 0 radical (unpaired) electrons. The summed E-state index contributed by atoms with van der Waals surface area (Å²) in [5, 5.41) is 11.2. The van der Waals surface area contributed by atoms with Crippen LogP contribution in [0.25, 0.3) is 0 Å². The van der Waals surface area contributed by atoms with E-state index in [0.717, 1.165) is 0 Å². The molecule has 0 amide bonds. The van der Waals surface area contributed by atoms with E-state index in [4.69, 9.17) is 4.74 Å². The lowest BCUT2D eigenvalue weighted by atomic mass is 10.1. The summed E-state index contributed by atoms with van der Waals surface area (Å²) in [7, 11) is 1.36. The van der Waals surface area contributed by atoms with Crippen LogP contribution < -0.4 is 4.90 Å².